The summed E-state index contributed by atoms with van der Waals surface area (Å²) in [5, 5.41) is 4.32. The van der Waals surface area contributed by atoms with E-state index < -0.39 is 32.5 Å². The lowest BCUT2D eigenvalue weighted by Crippen LogP contribution is -2.38. The average Bonchev–Trinajstić information content (AvgIpc) is 3.00. The monoisotopic (exact) mass is 615 g/mol. The fraction of sp³-hybridized carbons (Fsp3) is 0.0938. The molecule has 2 N–H and O–H groups in total. The first-order valence-electron chi connectivity index (χ1n) is 13.2. The Morgan fingerprint density at radius 1 is 0.767 bits per heavy atom. The van der Waals surface area contributed by atoms with Crippen LogP contribution in [-0.2, 0) is 24.8 Å². The predicted octanol–water partition coefficient (Wildman–Crippen LogP) is 5.79. The number of nitrogens with one attached hydrogen (secondary N) is 2. The van der Waals surface area contributed by atoms with Crippen LogP contribution >= 0.6 is 0 Å². The molecule has 0 aliphatic heterocycles. The van der Waals surface area contributed by atoms with Gasteiger partial charge in [0.25, 0.3) is 20.0 Å². The standard InChI is InChI=1S/C32H29N3O6S2/c1-23-13-17-29(18-14-23)43(39,40)35(26-9-6-10-27(21-26)41-2)22-32(36)33-25-15-19-28(20-16-25)42(37,38)34-31-12-5-8-24-7-3-4-11-30(24)31/h3-21,34H,22H2,1-2H3,(H,33,36). The van der Waals surface area contributed by atoms with Crippen LogP contribution in [0.1, 0.15) is 5.56 Å². The molecule has 5 rings (SSSR count). The van der Waals surface area contributed by atoms with E-state index in [9.17, 15) is 21.6 Å². The third kappa shape index (κ3) is 6.63. The number of aryl methyl sites for hydroxylation is 1. The van der Waals surface area contributed by atoms with Gasteiger partial charge in [0.15, 0.2) is 0 Å². The van der Waals surface area contributed by atoms with E-state index >= 15 is 0 Å². The second-order valence-electron chi connectivity index (χ2n) is 9.73. The Labute approximate surface area is 250 Å². The summed E-state index contributed by atoms with van der Waals surface area (Å²) in [5.41, 5.74) is 1.88. The van der Waals surface area contributed by atoms with Gasteiger partial charge in [-0.05, 0) is 66.9 Å². The minimum absolute atomic E-state index is 0.00149. The van der Waals surface area contributed by atoms with Crippen molar-refractivity contribution in [2.24, 2.45) is 0 Å². The van der Waals surface area contributed by atoms with Crippen molar-refractivity contribution in [2.45, 2.75) is 16.7 Å². The van der Waals surface area contributed by atoms with Crippen molar-refractivity contribution in [3.63, 3.8) is 0 Å². The molecule has 0 aliphatic carbocycles. The molecule has 0 spiro atoms. The maximum atomic E-state index is 13.6. The quantitative estimate of drug-likeness (QED) is 0.205. The highest BCUT2D eigenvalue weighted by molar-refractivity contribution is 7.93. The molecule has 0 atom stereocenters. The summed E-state index contributed by atoms with van der Waals surface area (Å²) >= 11 is 0. The zero-order chi connectivity index (χ0) is 30.6. The highest BCUT2D eigenvalue weighted by Gasteiger charge is 2.28. The van der Waals surface area contributed by atoms with Crippen molar-refractivity contribution >= 4 is 53.8 Å². The lowest BCUT2D eigenvalue weighted by molar-refractivity contribution is -0.114. The van der Waals surface area contributed by atoms with Gasteiger partial charge in [-0.2, -0.15) is 0 Å². The Morgan fingerprint density at radius 2 is 1.42 bits per heavy atom. The van der Waals surface area contributed by atoms with Crippen molar-refractivity contribution in [3.05, 3.63) is 121 Å². The van der Waals surface area contributed by atoms with E-state index in [0.29, 0.717) is 17.1 Å². The molecule has 1 amide bonds. The molecule has 5 aromatic carbocycles. The second-order valence-corrected chi connectivity index (χ2v) is 13.3. The van der Waals surface area contributed by atoms with Gasteiger partial charge in [-0.1, -0.05) is 60.2 Å². The summed E-state index contributed by atoms with van der Waals surface area (Å²) in [5.74, 6) is -0.195. The molecular formula is C32H29N3O6S2. The molecule has 220 valence electrons. The van der Waals surface area contributed by atoms with Crippen LogP contribution in [0.3, 0.4) is 0 Å². The number of sulfonamides is 2. The number of carbonyl (C=O) groups excluding carboxylic acids is 1. The molecule has 5 aromatic rings. The van der Waals surface area contributed by atoms with Gasteiger partial charge in [0.2, 0.25) is 5.91 Å². The van der Waals surface area contributed by atoms with E-state index in [1.807, 2.05) is 37.3 Å². The van der Waals surface area contributed by atoms with Gasteiger partial charge in [0, 0.05) is 17.1 Å². The fourth-order valence-electron chi connectivity index (χ4n) is 4.48. The van der Waals surface area contributed by atoms with Crippen molar-refractivity contribution in [3.8, 4) is 5.75 Å². The average molecular weight is 616 g/mol. The molecule has 0 aromatic heterocycles. The molecule has 0 saturated heterocycles. The number of anilines is 3. The van der Waals surface area contributed by atoms with E-state index in [-0.39, 0.29) is 15.5 Å². The van der Waals surface area contributed by atoms with Crippen molar-refractivity contribution in [1.82, 2.24) is 0 Å². The zero-order valence-electron chi connectivity index (χ0n) is 23.4. The van der Waals surface area contributed by atoms with E-state index in [0.717, 1.165) is 20.6 Å². The zero-order valence-corrected chi connectivity index (χ0v) is 25.0. The van der Waals surface area contributed by atoms with Crippen LogP contribution in [0.5, 0.6) is 5.75 Å². The molecule has 0 saturated carbocycles. The van der Waals surface area contributed by atoms with Crippen molar-refractivity contribution in [2.75, 3.05) is 28.0 Å². The maximum Gasteiger partial charge on any atom is 0.264 e. The minimum atomic E-state index is -4.13. The van der Waals surface area contributed by atoms with E-state index in [4.69, 9.17) is 4.74 Å². The van der Waals surface area contributed by atoms with Crippen LogP contribution in [0, 0.1) is 6.92 Å². The van der Waals surface area contributed by atoms with Gasteiger partial charge in [-0.3, -0.25) is 13.8 Å². The molecule has 11 heteroatoms. The number of amides is 1. The molecule has 0 bridgehead atoms. The maximum absolute atomic E-state index is 13.6. The van der Waals surface area contributed by atoms with Gasteiger partial charge < -0.3 is 10.1 Å². The summed E-state index contributed by atoms with van der Waals surface area (Å²) in [7, 11) is -6.59. The Kier molecular flexibility index (Phi) is 8.38. The van der Waals surface area contributed by atoms with Gasteiger partial charge in [-0.25, -0.2) is 16.8 Å². The highest BCUT2D eigenvalue weighted by Crippen LogP contribution is 2.28. The molecule has 0 heterocycles. The third-order valence-electron chi connectivity index (χ3n) is 6.72. The summed E-state index contributed by atoms with van der Waals surface area (Å²) in [6.45, 7) is 1.31. The van der Waals surface area contributed by atoms with Gasteiger partial charge >= 0.3 is 0 Å². The third-order valence-corrected chi connectivity index (χ3v) is 9.89. The van der Waals surface area contributed by atoms with Crippen molar-refractivity contribution in [1.29, 1.82) is 0 Å². The molecule has 0 radical (unpaired) electrons. The first-order valence-corrected chi connectivity index (χ1v) is 16.1. The molecule has 0 fully saturated rings. The molecular weight excluding hydrogens is 587 g/mol. The van der Waals surface area contributed by atoms with E-state index in [2.05, 4.69) is 10.0 Å². The second kappa shape index (κ2) is 12.2. The van der Waals surface area contributed by atoms with Crippen LogP contribution in [0.2, 0.25) is 0 Å². The number of nitrogens with zero attached hydrogens (tertiary/aromatic N) is 1. The van der Waals surface area contributed by atoms with Gasteiger partial charge in [0.05, 0.1) is 28.3 Å². The lowest BCUT2D eigenvalue weighted by Gasteiger charge is -2.24. The Balaban J connectivity index is 1.35. The summed E-state index contributed by atoms with van der Waals surface area (Å²) in [6.07, 6.45) is 0. The first-order chi connectivity index (χ1) is 20.6. The number of rotatable bonds is 10. The SMILES string of the molecule is COc1cccc(N(CC(=O)Nc2ccc(S(=O)(=O)Nc3cccc4ccccc34)cc2)S(=O)(=O)c2ccc(C)cc2)c1. The highest BCUT2D eigenvalue weighted by atomic mass is 32.2. The Bertz CT molecular complexity index is 1990. The largest absolute Gasteiger partial charge is 0.497 e. The summed E-state index contributed by atoms with van der Waals surface area (Å²) < 4.78 is 62.4. The first kappa shape index (κ1) is 29.6. The molecule has 0 aliphatic rings. The lowest BCUT2D eigenvalue weighted by atomic mass is 10.1. The van der Waals surface area contributed by atoms with E-state index in [1.165, 1.54) is 49.6 Å². The summed E-state index contributed by atoms with van der Waals surface area (Å²) in [6, 6.07) is 31.2. The summed E-state index contributed by atoms with van der Waals surface area (Å²) in [4.78, 5) is 13.2. The number of hydrogen-bond donors (Lipinski definition) is 2. The van der Waals surface area contributed by atoms with Crippen LogP contribution < -0.4 is 19.1 Å². The Morgan fingerprint density at radius 3 is 2.14 bits per heavy atom. The molecule has 9 nitrogen and oxygen atoms in total. The Hall–Kier alpha value is -4.87. The number of benzene rings is 5. The number of ether oxygens (including phenoxy) is 1. The van der Waals surface area contributed by atoms with E-state index in [1.54, 1.807) is 42.5 Å². The number of hydrogen-bond acceptors (Lipinski definition) is 6. The van der Waals surface area contributed by atoms with Crippen LogP contribution in [0.15, 0.2) is 125 Å². The van der Waals surface area contributed by atoms with Crippen LogP contribution in [-0.4, -0.2) is 36.4 Å². The smallest absolute Gasteiger partial charge is 0.264 e. The van der Waals surface area contributed by atoms with Crippen molar-refractivity contribution < 1.29 is 26.4 Å². The predicted molar refractivity (Wildman–Crippen MR) is 169 cm³/mol. The minimum Gasteiger partial charge on any atom is -0.497 e. The number of carbonyl (C=O) groups is 1. The van der Waals surface area contributed by atoms with Crippen LogP contribution in [0.25, 0.3) is 10.8 Å². The van der Waals surface area contributed by atoms with Gasteiger partial charge in [0.1, 0.15) is 12.3 Å². The number of fused-ring (bicyclic) bond motifs is 1. The number of methoxy groups -OCH3 is 1. The topological polar surface area (TPSA) is 122 Å². The van der Waals surface area contributed by atoms with Gasteiger partial charge in [-0.15, -0.1) is 0 Å². The molecule has 43 heavy (non-hydrogen) atoms. The normalized spacial score (nSPS) is 11.6. The molecule has 0 unspecified atom stereocenters. The van der Waals surface area contributed by atoms with Crippen LogP contribution in [0.4, 0.5) is 17.1 Å². The fourth-order valence-corrected chi connectivity index (χ4v) is 6.98.